The minimum absolute atomic E-state index is 0.851. The zero-order chi connectivity index (χ0) is 8.27. The lowest BCUT2D eigenvalue weighted by Gasteiger charge is -2.03. The van der Waals surface area contributed by atoms with E-state index in [1.807, 2.05) is 0 Å². The highest BCUT2D eigenvalue weighted by Gasteiger charge is 1.96. The van der Waals surface area contributed by atoms with Crippen molar-refractivity contribution in [3.8, 4) is 0 Å². The Balaban J connectivity index is 2.90. The van der Waals surface area contributed by atoms with E-state index in [0.717, 1.165) is 5.08 Å². The summed E-state index contributed by atoms with van der Waals surface area (Å²) in [5, 5.41) is 0.851. The number of hydrogen-bond acceptors (Lipinski definition) is 2. The highest BCUT2D eigenvalue weighted by molar-refractivity contribution is 8.09. The molecule has 0 atom stereocenters. The molecule has 0 N–H and O–H groups in total. The number of rotatable bonds is 2. The summed E-state index contributed by atoms with van der Waals surface area (Å²) in [6.45, 7) is 4.25. The molecule has 0 spiro atoms. The summed E-state index contributed by atoms with van der Waals surface area (Å²) < 4.78 is 0. The molecule has 1 aromatic rings. The molecule has 0 heterocycles. The van der Waals surface area contributed by atoms with Crippen molar-refractivity contribution in [3.05, 3.63) is 29.3 Å². The summed E-state index contributed by atoms with van der Waals surface area (Å²) >= 11 is 5.94. The van der Waals surface area contributed by atoms with Gasteiger partial charge in [-0.3, -0.25) is 0 Å². The summed E-state index contributed by atoms with van der Waals surface area (Å²) in [4.78, 5) is 1.34. The number of thiol groups is 1. The first-order valence-corrected chi connectivity index (χ1v) is 5.17. The van der Waals surface area contributed by atoms with Crippen LogP contribution < -0.4 is 0 Å². The van der Waals surface area contributed by atoms with E-state index in [-0.39, 0.29) is 0 Å². The molecule has 0 radical (unpaired) electrons. The van der Waals surface area contributed by atoms with Gasteiger partial charge in [0, 0.05) is 9.98 Å². The summed E-state index contributed by atoms with van der Waals surface area (Å²) in [6, 6.07) is 6.50. The molecular weight excluding hydrogens is 172 g/mol. The number of hydrogen-bond donors (Lipinski definition) is 1. The molecule has 0 aliphatic heterocycles. The largest absolute Gasteiger partial charge is 0.168 e. The molecule has 60 valence electrons. The van der Waals surface area contributed by atoms with Gasteiger partial charge in [-0.05, 0) is 25.5 Å². The Kier molecular flexibility index (Phi) is 3.34. The van der Waals surface area contributed by atoms with Gasteiger partial charge in [0.25, 0.3) is 0 Å². The van der Waals surface area contributed by atoms with Gasteiger partial charge in [0.2, 0.25) is 0 Å². The van der Waals surface area contributed by atoms with Crippen LogP contribution in [0, 0.1) is 13.8 Å². The standard InChI is InChI=1S/C9H12S2/c1-7-3-4-9(11-6-10)8(2)5-7/h3-5,10H,6H2,1-2H3. The van der Waals surface area contributed by atoms with Crippen LogP contribution in [0.4, 0.5) is 0 Å². The average molecular weight is 184 g/mol. The van der Waals surface area contributed by atoms with E-state index in [2.05, 4.69) is 44.7 Å². The topological polar surface area (TPSA) is 0 Å². The Hall–Kier alpha value is -0.0800. The van der Waals surface area contributed by atoms with Gasteiger partial charge >= 0.3 is 0 Å². The number of thioether (sulfide) groups is 1. The molecule has 0 amide bonds. The maximum atomic E-state index is 4.17. The first-order chi connectivity index (χ1) is 5.24. The van der Waals surface area contributed by atoms with Crippen molar-refractivity contribution in [3.63, 3.8) is 0 Å². The van der Waals surface area contributed by atoms with E-state index >= 15 is 0 Å². The quantitative estimate of drug-likeness (QED) is 0.418. The van der Waals surface area contributed by atoms with E-state index < -0.39 is 0 Å². The van der Waals surface area contributed by atoms with Crippen molar-refractivity contribution in [1.82, 2.24) is 0 Å². The first kappa shape index (κ1) is 9.01. The van der Waals surface area contributed by atoms with Crippen molar-refractivity contribution in [1.29, 1.82) is 0 Å². The lowest BCUT2D eigenvalue weighted by Crippen LogP contribution is -1.80. The van der Waals surface area contributed by atoms with Crippen molar-refractivity contribution in [2.45, 2.75) is 18.7 Å². The average Bonchev–Trinajstić information content (AvgIpc) is 1.95. The van der Waals surface area contributed by atoms with Gasteiger partial charge in [0.15, 0.2) is 0 Å². The summed E-state index contributed by atoms with van der Waals surface area (Å²) in [7, 11) is 0. The molecule has 0 aliphatic carbocycles. The van der Waals surface area contributed by atoms with Crippen LogP contribution >= 0.6 is 24.4 Å². The molecule has 0 saturated carbocycles. The number of benzene rings is 1. The first-order valence-electron chi connectivity index (χ1n) is 3.55. The van der Waals surface area contributed by atoms with Crippen molar-refractivity contribution >= 4 is 24.4 Å². The van der Waals surface area contributed by atoms with Gasteiger partial charge in [0.1, 0.15) is 0 Å². The van der Waals surface area contributed by atoms with Crippen LogP contribution in [-0.2, 0) is 0 Å². The second kappa shape index (κ2) is 4.07. The van der Waals surface area contributed by atoms with Crippen LogP contribution in [0.1, 0.15) is 11.1 Å². The van der Waals surface area contributed by atoms with Gasteiger partial charge < -0.3 is 0 Å². The lowest BCUT2D eigenvalue weighted by atomic mass is 10.2. The van der Waals surface area contributed by atoms with Crippen molar-refractivity contribution < 1.29 is 0 Å². The second-order valence-electron chi connectivity index (χ2n) is 2.54. The highest BCUT2D eigenvalue weighted by Crippen LogP contribution is 2.23. The zero-order valence-corrected chi connectivity index (χ0v) is 8.51. The van der Waals surface area contributed by atoms with E-state index in [1.165, 1.54) is 16.0 Å². The lowest BCUT2D eigenvalue weighted by molar-refractivity contribution is 1.27. The summed E-state index contributed by atoms with van der Waals surface area (Å²) in [6.07, 6.45) is 0. The van der Waals surface area contributed by atoms with Gasteiger partial charge in [-0.2, -0.15) is 12.6 Å². The van der Waals surface area contributed by atoms with Crippen LogP contribution in [0.2, 0.25) is 0 Å². The Labute approximate surface area is 77.8 Å². The fourth-order valence-corrected chi connectivity index (χ4v) is 2.04. The maximum Gasteiger partial charge on any atom is 0.0409 e. The Morgan fingerprint density at radius 2 is 2.09 bits per heavy atom. The van der Waals surface area contributed by atoms with Gasteiger partial charge in [-0.15, -0.1) is 11.8 Å². The fourth-order valence-electron chi connectivity index (χ4n) is 1.03. The predicted octanol–water partition coefficient (Wildman–Crippen LogP) is 3.28. The molecule has 2 heteroatoms. The molecule has 0 saturated heterocycles. The van der Waals surface area contributed by atoms with Crippen LogP contribution in [-0.4, -0.2) is 5.08 Å². The smallest absolute Gasteiger partial charge is 0.0409 e. The SMILES string of the molecule is Cc1ccc(SCS)c(C)c1. The molecule has 1 aromatic carbocycles. The van der Waals surface area contributed by atoms with Crippen LogP contribution in [0.3, 0.4) is 0 Å². The molecule has 0 unspecified atom stereocenters. The van der Waals surface area contributed by atoms with Gasteiger partial charge in [-0.1, -0.05) is 17.7 Å². The third-order valence-corrected chi connectivity index (χ3v) is 2.84. The van der Waals surface area contributed by atoms with Gasteiger partial charge in [0.05, 0.1) is 0 Å². The summed E-state index contributed by atoms with van der Waals surface area (Å²) in [5.41, 5.74) is 2.68. The summed E-state index contributed by atoms with van der Waals surface area (Å²) in [5.74, 6) is 0. The van der Waals surface area contributed by atoms with Crippen LogP contribution in [0.15, 0.2) is 23.1 Å². The number of aryl methyl sites for hydroxylation is 2. The normalized spacial score (nSPS) is 10.1. The van der Waals surface area contributed by atoms with Crippen molar-refractivity contribution in [2.24, 2.45) is 0 Å². The van der Waals surface area contributed by atoms with E-state index in [1.54, 1.807) is 11.8 Å². The third-order valence-electron chi connectivity index (χ3n) is 1.55. The molecule has 0 bridgehead atoms. The molecule has 0 nitrogen and oxygen atoms in total. The minimum Gasteiger partial charge on any atom is -0.168 e. The van der Waals surface area contributed by atoms with Crippen LogP contribution in [0.5, 0.6) is 0 Å². The van der Waals surface area contributed by atoms with E-state index in [9.17, 15) is 0 Å². The second-order valence-corrected chi connectivity index (χ2v) is 4.30. The molecule has 11 heavy (non-hydrogen) atoms. The highest BCUT2D eigenvalue weighted by atomic mass is 32.2. The molecule has 0 aromatic heterocycles. The Bertz CT molecular complexity index is 243. The maximum absolute atomic E-state index is 4.17. The monoisotopic (exact) mass is 184 g/mol. The predicted molar refractivity (Wildman–Crippen MR) is 55.6 cm³/mol. The molecule has 0 aliphatic rings. The fraction of sp³-hybridized carbons (Fsp3) is 0.333. The third kappa shape index (κ3) is 2.46. The molecule has 1 rings (SSSR count). The Morgan fingerprint density at radius 3 is 2.64 bits per heavy atom. The molecular formula is C9H12S2. The van der Waals surface area contributed by atoms with Crippen molar-refractivity contribution in [2.75, 3.05) is 5.08 Å². The van der Waals surface area contributed by atoms with Crippen LogP contribution in [0.25, 0.3) is 0 Å². The Morgan fingerprint density at radius 1 is 1.36 bits per heavy atom. The van der Waals surface area contributed by atoms with E-state index in [0.29, 0.717) is 0 Å². The van der Waals surface area contributed by atoms with Gasteiger partial charge in [-0.25, -0.2) is 0 Å². The van der Waals surface area contributed by atoms with E-state index in [4.69, 9.17) is 0 Å². The molecule has 0 fully saturated rings. The minimum atomic E-state index is 0.851. The zero-order valence-electron chi connectivity index (χ0n) is 6.79.